The summed E-state index contributed by atoms with van der Waals surface area (Å²) in [7, 11) is 0. The zero-order valence-corrected chi connectivity index (χ0v) is 5.69. The van der Waals surface area contributed by atoms with E-state index in [1.807, 2.05) is 0 Å². The first-order chi connectivity index (χ1) is 4.16. The molecule has 0 aliphatic rings. The summed E-state index contributed by atoms with van der Waals surface area (Å²) >= 11 is 0. The van der Waals surface area contributed by atoms with Crippen LogP contribution in [0, 0.1) is 0 Å². The predicted octanol–water partition coefficient (Wildman–Crippen LogP) is 2.46. The van der Waals surface area contributed by atoms with Crippen molar-refractivity contribution in [2.24, 2.45) is 4.99 Å². The maximum absolute atomic E-state index is 11.9. The fraction of sp³-hybridized carbons (Fsp3) is 0.286. The van der Waals surface area contributed by atoms with E-state index < -0.39 is 0 Å². The second-order valence-corrected chi connectivity index (χ2v) is 1.69. The first kappa shape index (κ1) is 8.08. The molecule has 9 heavy (non-hydrogen) atoms. The van der Waals surface area contributed by atoms with E-state index in [4.69, 9.17) is 0 Å². The van der Waals surface area contributed by atoms with Gasteiger partial charge in [-0.1, -0.05) is 6.58 Å². The van der Waals surface area contributed by atoms with Gasteiger partial charge in [0.25, 0.3) is 0 Å². The monoisotopic (exact) mass is 127 g/mol. The van der Waals surface area contributed by atoms with E-state index in [1.165, 1.54) is 6.92 Å². The molecule has 0 saturated heterocycles. The molecule has 0 atom stereocenters. The topological polar surface area (TPSA) is 12.4 Å². The summed E-state index contributed by atoms with van der Waals surface area (Å²) in [5.41, 5.74) is 0.715. The molecular formula is C7H10FN. The Morgan fingerprint density at radius 1 is 1.56 bits per heavy atom. The largest absolute Gasteiger partial charge is 0.259 e. The summed E-state index contributed by atoms with van der Waals surface area (Å²) in [6.45, 7) is 6.56. The van der Waals surface area contributed by atoms with Crippen molar-refractivity contribution in [3.63, 3.8) is 0 Å². The fourth-order valence-corrected chi connectivity index (χ4v) is 0.243. The van der Waals surface area contributed by atoms with Gasteiger partial charge in [0.05, 0.1) is 6.20 Å². The van der Waals surface area contributed by atoms with Crippen molar-refractivity contribution >= 4 is 5.71 Å². The van der Waals surface area contributed by atoms with Crippen LogP contribution in [-0.4, -0.2) is 5.71 Å². The van der Waals surface area contributed by atoms with Crippen LogP contribution in [0.5, 0.6) is 0 Å². The van der Waals surface area contributed by atoms with Crippen molar-refractivity contribution in [1.82, 2.24) is 0 Å². The molecule has 2 heteroatoms. The third-order valence-corrected chi connectivity index (χ3v) is 0.741. The lowest BCUT2D eigenvalue weighted by molar-refractivity contribution is 0.637. The van der Waals surface area contributed by atoms with E-state index in [-0.39, 0.29) is 5.83 Å². The van der Waals surface area contributed by atoms with Crippen LogP contribution in [0.1, 0.15) is 13.8 Å². The minimum atomic E-state index is -0.295. The smallest absolute Gasteiger partial charge is 0.115 e. The average molecular weight is 127 g/mol. The van der Waals surface area contributed by atoms with Gasteiger partial charge in [0.1, 0.15) is 5.83 Å². The highest BCUT2D eigenvalue weighted by molar-refractivity contribution is 5.92. The van der Waals surface area contributed by atoms with Crippen LogP contribution < -0.4 is 0 Å². The molecule has 0 heterocycles. The van der Waals surface area contributed by atoms with Gasteiger partial charge in [0.2, 0.25) is 0 Å². The maximum atomic E-state index is 11.9. The van der Waals surface area contributed by atoms with Crippen molar-refractivity contribution in [3.8, 4) is 0 Å². The molecule has 0 aromatic heterocycles. The zero-order chi connectivity index (χ0) is 7.28. The van der Waals surface area contributed by atoms with Crippen LogP contribution in [0.4, 0.5) is 4.39 Å². The van der Waals surface area contributed by atoms with Crippen molar-refractivity contribution in [2.75, 3.05) is 0 Å². The van der Waals surface area contributed by atoms with E-state index in [2.05, 4.69) is 11.6 Å². The molecule has 0 radical (unpaired) electrons. The van der Waals surface area contributed by atoms with Gasteiger partial charge >= 0.3 is 0 Å². The molecule has 0 N–H and O–H groups in total. The SMILES string of the molecule is C=CC(C)=N/C=C(\C)F. The predicted molar refractivity (Wildman–Crippen MR) is 38.2 cm³/mol. The van der Waals surface area contributed by atoms with Crippen molar-refractivity contribution in [2.45, 2.75) is 13.8 Å². The fourth-order valence-electron chi connectivity index (χ4n) is 0.243. The standard InChI is InChI=1S/C7H10FN/c1-4-7(3)9-5-6(2)8/h4-5H,1H2,2-3H3/b6-5+,9-7?. The van der Waals surface area contributed by atoms with Crippen molar-refractivity contribution < 1.29 is 4.39 Å². The Balaban J connectivity index is 3.98. The molecule has 0 aromatic rings. The van der Waals surface area contributed by atoms with Gasteiger partial charge in [-0.25, -0.2) is 4.39 Å². The van der Waals surface area contributed by atoms with Crippen LogP contribution in [0.3, 0.4) is 0 Å². The van der Waals surface area contributed by atoms with Gasteiger partial charge in [-0.05, 0) is 19.9 Å². The number of hydrogen-bond donors (Lipinski definition) is 0. The number of hydrogen-bond acceptors (Lipinski definition) is 1. The first-order valence-corrected chi connectivity index (χ1v) is 2.66. The van der Waals surface area contributed by atoms with Crippen molar-refractivity contribution in [1.29, 1.82) is 0 Å². The lowest BCUT2D eigenvalue weighted by Crippen LogP contribution is -1.78. The Bertz CT molecular complexity index is 152. The highest BCUT2D eigenvalue weighted by Crippen LogP contribution is 1.92. The van der Waals surface area contributed by atoms with Gasteiger partial charge in [0, 0.05) is 5.71 Å². The summed E-state index contributed by atoms with van der Waals surface area (Å²) < 4.78 is 11.9. The van der Waals surface area contributed by atoms with E-state index in [0.717, 1.165) is 6.20 Å². The second-order valence-electron chi connectivity index (χ2n) is 1.69. The van der Waals surface area contributed by atoms with Crippen LogP contribution in [-0.2, 0) is 0 Å². The molecule has 0 unspecified atom stereocenters. The Morgan fingerprint density at radius 3 is 2.44 bits per heavy atom. The summed E-state index contributed by atoms with van der Waals surface area (Å²) in [5, 5.41) is 0. The van der Waals surface area contributed by atoms with E-state index in [0.29, 0.717) is 5.71 Å². The van der Waals surface area contributed by atoms with Crippen LogP contribution >= 0.6 is 0 Å². The molecule has 0 saturated carbocycles. The molecule has 1 nitrogen and oxygen atoms in total. The van der Waals surface area contributed by atoms with Gasteiger partial charge in [-0.3, -0.25) is 4.99 Å². The van der Waals surface area contributed by atoms with Gasteiger partial charge < -0.3 is 0 Å². The highest BCUT2D eigenvalue weighted by atomic mass is 19.1. The van der Waals surface area contributed by atoms with Crippen LogP contribution in [0.25, 0.3) is 0 Å². The number of halogens is 1. The van der Waals surface area contributed by atoms with E-state index in [1.54, 1.807) is 13.0 Å². The number of rotatable bonds is 2. The third-order valence-electron chi connectivity index (χ3n) is 0.741. The summed E-state index contributed by atoms with van der Waals surface area (Å²) in [4.78, 5) is 3.70. The molecule has 0 aliphatic heterocycles. The minimum Gasteiger partial charge on any atom is -0.259 e. The number of allylic oxidation sites excluding steroid dienone is 2. The van der Waals surface area contributed by atoms with E-state index >= 15 is 0 Å². The highest BCUT2D eigenvalue weighted by Gasteiger charge is 1.78. The second kappa shape index (κ2) is 4.01. The van der Waals surface area contributed by atoms with Gasteiger partial charge in [-0.15, -0.1) is 0 Å². The molecule has 0 aromatic carbocycles. The average Bonchev–Trinajstić information content (AvgIpc) is 1.83. The quantitative estimate of drug-likeness (QED) is 0.505. The number of nitrogens with zero attached hydrogens (tertiary/aromatic N) is 1. The van der Waals surface area contributed by atoms with Crippen molar-refractivity contribution in [3.05, 3.63) is 24.7 Å². The molecule has 0 aliphatic carbocycles. The van der Waals surface area contributed by atoms with Gasteiger partial charge in [0.15, 0.2) is 0 Å². The lowest BCUT2D eigenvalue weighted by Gasteiger charge is -1.83. The summed E-state index contributed by atoms with van der Waals surface area (Å²) in [6.07, 6.45) is 2.73. The molecule has 50 valence electrons. The molecule has 0 amide bonds. The molecule has 0 fully saturated rings. The third kappa shape index (κ3) is 4.94. The Morgan fingerprint density at radius 2 is 2.11 bits per heavy atom. The molecule has 0 rings (SSSR count). The van der Waals surface area contributed by atoms with Crippen LogP contribution in [0.15, 0.2) is 29.7 Å². The summed E-state index contributed by atoms with van der Waals surface area (Å²) in [5.74, 6) is -0.295. The van der Waals surface area contributed by atoms with Crippen LogP contribution in [0.2, 0.25) is 0 Å². The van der Waals surface area contributed by atoms with Gasteiger partial charge in [-0.2, -0.15) is 0 Å². The molecule has 0 bridgehead atoms. The Hall–Kier alpha value is -0.920. The number of aliphatic imine (C=N–C) groups is 1. The first-order valence-electron chi connectivity index (χ1n) is 2.66. The lowest BCUT2D eigenvalue weighted by atomic mass is 10.4. The normalized spacial score (nSPS) is 13.7. The molecule has 0 spiro atoms. The molecular weight excluding hydrogens is 117 g/mol. The minimum absolute atomic E-state index is 0.295. The zero-order valence-electron chi connectivity index (χ0n) is 5.69. The Kier molecular flexibility index (Phi) is 3.60. The van der Waals surface area contributed by atoms with E-state index in [9.17, 15) is 4.39 Å². The summed E-state index contributed by atoms with van der Waals surface area (Å²) in [6, 6.07) is 0. The maximum Gasteiger partial charge on any atom is 0.115 e. The Labute approximate surface area is 54.6 Å².